The lowest BCUT2D eigenvalue weighted by atomic mass is 9.86. The normalized spacial score (nSPS) is 26.0. The second kappa shape index (κ2) is 7.96. The molecule has 4 heteroatoms. The third-order valence-corrected chi connectivity index (χ3v) is 5.02. The van der Waals surface area contributed by atoms with Crippen molar-refractivity contribution in [3.8, 4) is 0 Å². The molecule has 0 saturated carbocycles. The molecular formula is C20H32NO3+. The summed E-state index contributed by atoms with van der Waals surface area (Å²) in [5.74, 6) is 0. The zero-order chi connectivity index (χ0) is 17.0. The van der Waals surface area contributed by atoms with Gasteiger partial charge in [-0.1, -0.05) is 45.0 Å². The summed E-state index contributed by atoms with van der Waals surface area (Å²) in [6.45, 7) is 12.4. The molecule has 0 aliphatic carbocycles. The van der Waals surface area contributed by atoms with Gasteiger partial charge in [-0.05, 0) is 23.0 Å². The van der Waals surface area contributed by atoms with Crippen LogP contribution in [0.2, 0.25) is 0 Å². The van der Waals surface area contributed by atoms with Crippen LogP contribution in [-0.2, 0) is 26.0 Å². The van der Waals surface area contributed by atoms with Crippen molar-refractivity contribution in [1.82, 2.24) is 0 Å². The van der Waals surface area contributed by atoms with Crippen LogP contribution in [0.15, 0.2) is 24.3 Å². The fraction of sp³-hybridized carbons (Fsp3) is 0.700. The average Bonchev–Trinajstić information content (AvgIpc) is 3.01. The highest BCUT2D eigenvalue weighted by atomic mass is 16.7. The largest absolute Gasteiger partial charge is 0.370 e. The summed E-state index contributed by atoms with van der Waals surface area (Å²) in [5.41, 5.74) is 2.95. The monoisotopic (exact) mass is 334 g/mol. The number of nitrogens with one attached hydrogen (secondary N) is 1. The maximum Gasteiger partial charge on any atom is 0.158 e. The van der Waals surface area contributed by atoms with Gasteiger partial charge in [-0.3, -0.25) is 0 Å². The summed E-state index contributed by atoms with van der Waals surface area (Å²) >= 11 is 0. The van der Waals surface area contributed by atoms with E-state index in [9.17, 15) is 0 Å². The molecule has 0 bridgehead atoms. The fourth-order valence-electron chi connectivity index (χ4n) is 3.41. The summed E-state index contributed by atoms with van der Waals surface area (Å²) in [7, 11) is 0. The Kier molecular flexibility index (Phi) is 5.93. The Morgan fingerprint density at radius 1 is 1.08 bits per heavy atom. The van der Waals surface area contributed by atoms with E-state index in [2.05, 4.69) is 45.0 Å². The van der Waals surface area contributed by atoms with Crippen LogP contribution in [0.4, 0.5) is 0 Å². The highest BCUT2D eigenvalue weighted by Crippen LogP contribution is 2.23. The van der Waals surface area contributed by atoms with Crippen molar-refractivity contribution < 1.29 is 19.1 Å². The van der Waals surface area contributed by atoms with Gasteiger partial charge in [0.1, 0.15) is 25.7 Å². The minimum atomic E-state index is -0.0438. The highest BCUT2D eigenvalue weighted by Gasteiger charge is 2.29. The fourth-order valence-corrected chi connectivity index (χ4v) is 3.41. The third kappa shape index (κ3) is 5.03. The standard InChI is InChI=1S/C20H31NO3/c1-20(2,3)17-7-4-16(5-8-17)6-9-19-23-15-18(24-19)14-21-10-12-22-13-11-21/h4-5,7-8,18-19H,6,9-15H2,1-3H3/p+1. The lowest BCUT2D eigenvalue weighted by Gasteiger charge is -2.25. The molecule has 0 spiro atoms. The second-order valence-corrected chi connectivity index (χ2v) is 8.07. The Morgan fingerprint density at radius 3 is 2.46 bits per heavy atom. The van der Waals surface area contributed by atoms with Crippen molar-refractivity contribution in [3.05, 3.63) is 35.4 Å². The molecule has 4 nitrogen and oxygen atoms in total. The molecular weight excluding hydrogens is 302 g/mol. The van der Waals surface area contributed by atoms with Gasteiger partial charge in [0.05, 0.1) is 19.8 Å². The Bertz CT molecular complexity index is 503. The van der Waals surface area contributed by atoms with E-state index in [0.29, 0.717) is 0 Å². The predicted octanol–water partition coefficient (Wildman–Crippen LogP) is 1.57. The first kappa shape index (κ1) is 17.9. The van der Waals surface area contributed by atoms with Crippen LogP contribution in [0.25, 0.3) is 0 Å². The molecule has 2 unspecified atom stereocenters. The molecule has 0 radical (unpaired) electrons. The zero-order valence-corrected chi connectivity index (χ0v) is 15.3. The van der Waals surface area contributed by atoms with Gasteiger partial charge in [0.25, 0.3) is 0 Å². The van der Waals surface area contributed by atoms with Gasteiger partial charge in [0.15, 0.2) is 6.29 Å². The first-order chi connectivity index (χ1) is 11.5. The minimum absolute atomic E-state index is 0.0438. The van der Waals surface area contributed by atoms with Crippen molar-refractivity contribution in [2.24, 2.45) is 0 Å². The van der Waals surface area contributed by atoms with E-state index in [1.807, 2.05) is 0 Å². The summed E-state index contributed by atoms with van der Waals surface area (Å²) in [4.78, 5) is 1.58. The first-order valence-corrected chi connectivity index (χ1v) is 9.28. The summed E-state index contributed by atoms with van der Waals surface area (Å²) in [6, 6.07) is 8.97. The number of hydrogen-bond acceptors (Lipinski definition) is 3. The van der Waals surface area contributed by atoms with Crippen LogP contribution in [0, 0.1) is 0 Å². The number of hydrogen-bond donors (Lipinski definition) is 1. The quantitative estimate of drug-likeness (QED) is 0.887. The van der Waals surface area contributed by atoms with Crippen LogP contribution in [-0.4, -0.2) is 51.8 Å². The van der Waals surface area contributed by atoms with Gasteiger partial charge in [0, 0.05) is 6.42 Å². The molecule has 1 N–H and O–H groups in total. The Labute approximate surface area is 146 Å². The van der Waals surface area contributed by atoms with E-state index in [0.717, 1.165) is 52.3 Å². The van der Waals surface area contributed by atoms with Crippen molar-refractivity contribution in [2.45, 2.75) is 51.4 Å². The van der Waals surface area contributed by atoms with E-state index >= 15 is 0 Å². The van der Waals surface area contributed by atoms with Crippen LogP contribution in [0.3, 0.4) is 0 Å². The molecule has 24 heavy (non-hydrogen) atoms. The zero-order valence-electron chi connectivity index (χ0n) is 15.3. The summed E-state index contributed by atoms with van der Waals surface area (Å²) in [6.07, 6.45) is 2.14. The highest BCUT2D eigenvalue weighted by molar-refractivity contribution is 5.27. The lowest BCUT2D eigenvalue weighted by Crippen LogP contribution is -3.15. The van der Waals surface area contributed by atoms with Gasteiger partial charge in [0.2, 0.25) is 0 Å². The Balaban J connectivity index is 1.41. The molecule has 2 heterocycles. The van der Waals surface area contributed by atoms with Crippen LogP contribution in [0.5, 0.6) is 0 Å². The molecule has 1 aromatic carbocycles. The van der Waals surface area contributed by atoms with Crippen molar-refractivity contribution in [3.63, 3.8) is 0 Å². The maximum atomic E-state index is 6.08. The first-order valence-electron chi connectivity index (χ1n) is 9.28. The van der Waals surface area contributed by atoms with Crippen molar-refractivity contribution in [1.29, 1.82) is 0 Å². The minimum Gasteiger partial charge on any atom is -0.370 e. The maximum absolute atomic E-state index is 6.08. The van der Waals surface area contributed by atoms with Gasteiger partial charge in [-0.2, -0.15) is 0 Å². The Hall–Kier alpha value is -0.940. The number of ether oxygens (including phenoxy) is 3. The van der Waals surface area contributed by atoms with Crippen molar-refractivity contribution in [2.75, 3.05) is 39.5 Å². The van der Waals surface area contributed by atoms with E-state index in [1.165, 1.54) is 11.1 Å². The summed E-state index contributed by atoms with van der Waals surface area (Å²) in [5, 5.41) is 0. The molecule has 0 amide bonds. The van der Waals surface area contributed by atoms with Crippen LogP contribution >= 0.6 is 0 Å². The van der Waals surface area contributed by atoms with Gasteiger partial charge >= 0.3 is 0 Å². The van der Waals surface area contributed by atoms with Crippen LogP contribution in [0.1, 0.15) is 38.3 Å². The lowest BCUT2D eigenvalue weighted by molar-refractivity contribution is -0.910. The smallest absolute Gasteiger partial charge is 0.158 e. The molecule has 2 fully saturated rings. The number of aryl methyl sites for hydroxylation is 1. The number of benzene rings is 1. The van der Waals surface area contributed by atoms with Gasteiger partial charge in [-0.25, -0.2) is 0 Å². The third-order valence-electron chi connectivity index (χ3n) is 5.02. The predicted molar refractivity (Wildman–Crippen MR) is 94.5 cm³/mol. The number of morpholine rings is 1. The molecule has 3 rings (SSSR count). The molecule has 134 valence electrons. The van der Waals surface area contributed by atoms with Crippen molar-refractivity contribution >= 4 is 0 Å². The van der Waals surface area contributed by atoms with E-state index < -0.39 is 0 Å². The topological polar surface area (TPSA) is 32.1 Å². The van der Waals surface area contributed by atoms with Gasteiger partial charge < -0.3 is 19.1 Å². The SMILES string of the molecule is CC(C)(C)c1ccc(CCC2OCC(C[NH+]3CCOCC3)O2)cc1. The molecule has 2 aliphatic rings. The summed E-state index contributed by atoms with van der Waals surface area (Å²) < 4.78 is 17.3. The molecule has 2 atom stereocenters. The van der Waals surface area contributed by atoms with E-state index in [-0.39, 0.29) is 17.8 Å². The Morgan fingerprint density at radius 2 is 1.79 bits per heavy atom. The molecule has 2 aliphatic heterocycles. The average molecular weight is 334 g/mol. The number of rotatable bonds is 5. The number of quaternary nitrogens is 1. The molecule has 0 aromatic heterocycles. The van der Waals surface area contributed by atoms with Gasteiger partial charge in [-0.15, -0.1) is 0 Å². The van der Waals surface area contributed by atoms with E-state index in [4.69, 9.17) is 14.2 Å². The van der Waals surface area contributed by atoms with E-state index in [1.54, 1.807) is 4.90 Å². The van der Waals surface area contributed by atoms with Crippen LogP contribution < -0.4 is 4.90 Å². The molecule has 2 saturated heterocycles. The second-order valence-electron chi connectivity index (χ2n) is 8.07. The molecule has 1 aromatic rings.